The molecule has 1 spiro atoms. The van der Waals surface area contributed by atoms with Crippen LogP contribution in [0.2, 0.25) is 0 Å². The minimum absolute atomic E-state index is 0.116. The lowest BCUT2D eigenvalue weighted by atomic mass is 9.77. The Bertz CT molecular complexity index is 1140. The molecule has 2 unspecified atom stereocenters. The number of methoxy groups -OCH3 is 1. The molecule has 3 aliphatic rings. The Morgan fingerprint density at radius 1 is 1.15 bits per heavy atom. The fourth-order valence-corrected chi connectivity index (χ4v) is 5.18. The van der Waals surface area contributed by atoms with E-state index in [-0.39, 0.29) is 23.8 Å². The first-order chi connectivity index (χ1) is 16.4. The van der Waals surface area contributed by atoms with Gasteiger partial charge >= 0.3 is 0 Å². The summed E-state index contributed by atoms with van der Waals surface area (Å²) in [6.45, 7) is 2.28. The van der Waals surface area contributed by atoms with E-state index in [1.165, 1.54) is 6.92 Å². The molecule has 2 aromatic rings. The Morgan fingerprint density at radius 2 is 1.88 bits per heavy atom. The molecule has 2 fully saturated rings. The largest absolute Gasteiger partial charge is 0.497 e. The fraction of sp³-hybridized carbons (Fsp3) is 0.346. The second kappa shape index (κ2) is 8.61. The number of anilines is 2. The molecule has 3 heterocycles. The maximum absolute atomic E-state index is 13.5. The third kappa shape index (κ3) is 3.84. The summed E-state index contributed by atoms with van der Waals surface area (Å²) < 4.78 is 11.4. The van der Waals surface area contributed by atoms with Crippen molar-refractivity contribution in [3.63, 3.8) is 0 Å². The van der Waals surface area contributed by atoms with Crippen molar-refractivity contribution in [1.82, 2.24) is 5.32 Å². The van der Waals surface area contributed by atoms with Gasteiger partial charge in [-0.25, -0.2) is 0 Å². The zero-order valence-corrected chi connectivity index (χ0v) is 19.1. The number of benzene rings is 2. The summed E-state index contributed by atoms with van der Waals surface area (Å²) >= 11 is 0. The number of hydrogen-bond acceptors (Lipinski definition) is 5. The fourth-order valence-electron chi connectivity index (χ4n) is 5.18. The summed E-state index contributed by atoms with van der Waals surface area (Å²) in [5.74, 6) is -0.760. The zero-order valence-electron chi connectivity index (χ0n) is 19.1. The number of carbonyl (C=O) groups is 3. The highest BCUT2D eigenvalue weighted by Gasteiger charge is 2.67. The van der Waals surface area contributed by atoms with Crippen molar-refractivity contribution in [2.75, 3.05) is 30.4 Å². The van der Waals surface area contributed by atoms with Crippen LogP contribution in [0, 0.1) is 11.8 Å². The zero-order chi connectivity index (χ0) is 23.9. The molecule has 3 amide bonds. The Labute approximate surface area is 197 Å². The van der Waals surface area contributed by atoms with E-state index in [2.05, 4.69) is 10.6 Å². The minimum atomic E-state index is -0.782. The number of nitrogens with zero attached hydrogens (tertiary/aromatic N) is 1. The van der Waals surface area contributed by atoms with Gasteiger partial charge in [-0.1, -0.05) is 24.3 Å². The monoisotopic (exact) mass is 461 g/mol. The van der Waals surface area contributed by atoms with Crippen LogP contribution < -0.4 is 20.3 Å². The van der Waals surface area contributed by atoms with Gasteiger partial charge in [-0.15, -0.1) is 0 Å². The summed E-state index contributed by atoms with van der Waals surface area (Å²) in [4.78, 5) is 39.5. The number of hydrogen-bond donors (Lipinski definition) is 2. The molecule has 0 aliphatic carbocycles. The van der Waals surface area contributed by atoms with E-state index in [9.17, 15) is 14.4 Å². The van der Waals surface area contributed by atoms with Gasteiger partial charge in [-0.3, -0.25) is 14.4 Å². The van der Waals surface area contributed by atoms with Crippen molar-refractivity contribution in [2.45, 2.75) is 25.0 Å². The van der Waals surface area contributed by atoms with E-state index in [4.69, 9.17) is 9.47 Å². The molecule has 34 heavy (non-hydrogen) atoms. The van der Waals surface area contributed by atoms with Gasteiger partial charge in [-0.2, -0.15) is 0 Å². The third-order valence-electron chi connectivity index (χ3n) is 6.77. The average molecular weight is 462 g/mol. The molecule has 2 bridgehead atoms. The standard InChI is InChI=1S/C26H27N3O5/c1-16(30)28-18-5-7-19(8-6-18)29-15-26-13-11-21(34-26)22(23(26)25(29)32)24(31)27-14-12-17-3-9-20(33-2)10-4-17/h3-11,13,21-23H,12,14-15H2,1-2H3,(H,27,31)(H,28,30)/t21-,22?,23?,26-/m1/s1. The van der Waals surface area contributed by atoms with Crippen molar-refractivity contribution >= 4 is 29.1 Å². The first kappa shape index (κ1) is 22.2. The van der Waals surface area contributed by atoms with Crippen LogP contribution in [0.5, 0.6) is 5.75 Å². The van der Waals surface area contributed by atoms with E-state index in [0.29, 0.717) is 30.9 Å². The molecule has 176 valence electrons. The lowest BCUT2D eigenvalue weighted by Gasteiger charge is -2.23. The second-order valence-electron chi connectivity index (χ2n) is 8.94. The van der Waals surface area contributed by atoms with Crippen LogP contribution in [0.4, 0.5) is 11.4 Å². The minimum Gasteiger partial charge on any atom is -0.497 e. The summed E-state index contributed by atoms with van der Waals surface area (Å²) in [6.07, 6.45) is 4.13. The van der Waals surface area contributed by atoms with E-state index in [1.807, 2.05) is 36.4 Å². The molecule has 2 saturated heterocycles. The van der Waals surface area contributed by atoms with Gasteiger partial charge in [0, 0.05) is 24.8 Å². The van der Waals surface area contributed by atoms with Crippen molar-refractivity contribution < 1.29 is 23.9 Å². The number of amides is 3. The predicted molar refractivity (Wildman–Crippen MR) is 127 cm³/mol. The van der Waals surface area contributed by atoms with Crippen LogP contribution >= 0.6 is 0 Å². The predicted octanol–water partition coefficient (Wildman–Crippen LogP) is 2.30. The van der Waals surface area contributed by atoms with Crippen LogP contribution in [0.15, 0.2) is 60.7 Å². The van der Waals surface area contributed by atoms with Crippen LogP contribution in [-0.4, -0.2) is 49.6 Å². The molecule has 0 aromatic heterocycles. The van der Waals surface area contributed by atoms with Gasteiger partial charge in [-0.05, 0) is 48.4 Å². The lowest BCUT2D eigenvalue weighted by Crippen LogP contribution is -2.44. The number of rotatable bonds is 7. The maximum atomic E-state index is 13.5. The normalized spacial score (nSPS) is 26.5. The maximum Gasteiger partial charge on any atom is 0.234 e. The number of fused-ring (bicyclic) bond motifs is 1. The van der Waals surface area contributed by atoms with Gasteiger partial charge in [0.25, 0.3) is 0 Å². The summed E-state index contributed by atoms with van der Waals surface area (Å²) in [5, 5.41) is 5.72. The van der Waals surface area contributed by atoms with Gasteiger partial charge in [0.1, 0.15) is 11.4 Å². The van der Waals surface area contributed by atoms with E-state index < -0.39 is 17.4 Å². The van der Waals surface area contributed by atoms with E-state index >= 15 is 0 Å². The van der Waals surface area contributed by atoms with Gasteiger partial charge in [0.2, 0.25) is 17.7 Å². The summed E-state index contributed by atoms with van der Waals surface area (Å²) in [5.41, 5.74) is 1.68. The molecular formula is C26H27N3O5. The van der Waals surface area contributed by atoms with Gasteiger partial charge in [0.15, 0.2) is 0 Å². The highest BCUT2D eigenvalue weighted by molar-refractivity contribution is 6.03. The molecule has 8 heteroatoms. The van der Waals surface area contributed by atoms with Crippen molar-refractivity contribution in [3.05, 3.63) is 66.2 Å². The average Bonchev–Trinajstić information content (AvgIpc) is 3.48. The van der Waals surface area contributed by atoms with Crippen molar-refractivity contribution in [1.29, 1.82) is 0 Å². The Hall–Kier alpha value is -3.65. The highest BCUT2D eigenvalue weighted by Crippen LogP contribution is 2.52. The smallest absolute Gasteiger partial charge is 0.234 e. The van der Waals surface area contributed by atoms with Gasteiger partial charge in [0.05, 0.1) is 31.6 Å². The van der Waals surface area contributed by atoms with Crippen molar-refractivity contribution in [2.24, 2.45) is 11.8 Å². The SMILES string of the molecule is COc1ccc(CCNC(=O)C2C3C(=O)N(c4ccc(NC(C)=O)cc4)C[C@]34C=C[C@H]2O4)cc1. The molecule has 4 atom stereocenters. The van der Waals surface area contributed by atoms with Crippen LogP contribution in [0.25, 0.3) is 0 Å². The molecule has 0 radical (unpaired) electrons. The Kier molecular flexibility index (Phi) is 5.61. The van der Waals surface area contributed by atoms with Crippen LogP contribution in [0.3, 0.4) is 0 Å². The quantitative estimate of drug-likeness (QED) is 0.617. The summed E-state index contributed by atoms with van der Waals surface area (Å²) in [7, 11) is 1.63. The Balaban J connectivity index is 1.26. The molecule has 2 aromatic carbocycles. The topological polar surface area (TPSA) is 97.0 Å². The number of carbonyl (C=O) groups excluding carboxylic acids is 3. The summed E-state index contributed by atoms with van der Waals surface area (Å²) in [6, 6.07) is 14.8. The molecule has 5 rings (SSSR count). The first-order valence-corrected chi connectivity index (χ1v) is 11.4. The number of nitrogens with one attached hydrogen (secondary N) is 2. The second-order valence-corrected chi connectivity index (χ2v) is 8.94. The third-order valence-corrected chi connectivity index (χ3v) is 6.77. The molecule has 8 nitrogen and oxygen atoms in total. The lowest BCUT2D eigenvalue weighted by molar-refractivity contribution is -0.131. The highest BCUT2D eigenvalue weighted by atomic mass is 16.5. The van der Waals surface area contributed by atoms with E-state index in [0.717, 1.165) is 11.3 Å². The molecular weight excluding hydrogens is 434 g/mol. The van der Waals surface area contributed by atoms with Crippen LogP contribution in [-0.2, 0) is 25.5 Å². The van der Waals surface area contributed by atoms with E-state index in [1.54, 1.807) is 36.3 Å². The molecule has 2 N–H and O–H groups in total. The molecule has 3 aliphatic heterocycles. The first-order valence-electron chi connectivity index (χ1n) is 11.4. The van der Waals surface area contributed by atoms with Gasteiger partial charge < -0.3 is 25.0 Å². The number of ether oxygens (including phenoxy) is 2. The van der Waals surface area contributed by atoms with Crippen LogP contribution in [0.1, 0.15) is 12.5 Å². The Morgan fingerprint density at radius 3 is 2.56 bits per heavy atom. The van der Waals surface area contributed by atoms with Crippen molar-refractivity contribution in [3.8, 4) is 5.75 Å². The molecule has 0 saturated carbocycles.